The highest BCUT2D eigenvalue weighted by Crippen LogP contribution is 2.28. The van der Waals surface area contributed by atoms with Crippen LogP contribution in [0.15, 0.2) is 12.3 Å². The van der Waals surface area contributed by atoms with Gasteiger partial charge in [-0.2, -0.15) is 13.2 Å². The monoisotopic (exact) mass is 349 g/mol. The molecule has 0 saturated carbocycles. The van der Waals surface area contributed by atoms with Crippen molar-refractivity contribution in [3.8, 4) is 0 Å². The molecule has 0 aromatic heterocycles. The van der Waals surface area contributed by atoms with Crippen LogP contribution in [0.2, 0.25) is 0 Å². The van der Waals surface area contributed by atoms with Gasteiger partial charge in [0.15, 0.2) is 0 Å². The van der Waals surface area contributed by atoms with Crippen LogP contribution in [0.1, 0.15) is 47.0 Å². The summed E-state index contributed by atoms with van der Waals surface area (Å²) < 4.78 is 40.3. The number of nitrogens with zero attached hydrogens (tertiary/aromatic N) is 2. The summed E-state index contributed by atoms with van der Waals surface area (Å²) in [6, 6.07) is -1.12. The van der Waals surface area contributed by atoms with Gasteiger partial charge in [-0.3, -0.25) is 9.80 Å². The van der Waals surface area contributed by atoms with Crippen LogP contribution < -0.4 is 5.32 Å². The lowest BCUT2D eigenvalue weighted by Gasteiger charge is -2.42. The maximum Gasteiger partial charge on any atom is 0.405 e. The Labute approximate surface area is 145 Å². The molecule has 1 fully saturated rings. The highest BCUT2D eigenvalue weighted by molar-refractivity contribution is 4.98. The van der Waals surface area contributed by atoms with Crippen LogP contribution in [-0.2, 0) is 0 Å². The van der Waals surface area contributed by atoms with Crippen LogP contribution in [0.25, 0.3) is 0 Å². The van der Waals surface area contributed by atoms with Gasteiger partial charge in [0, 0.05) is 37.9 Å². The minimum Gasteiger partial charge on any atom is -0.386 e. The molecule has 1 aliphatic rings. The molecule has 0 aromatic rings. The van der Waals surface area contributed by atoms with Gasteiger partial charge in [-0.05, 0) is 32.7 Å². The van der Waals surface area contributed by atoms with Gasteiger partial charge < -0.3 is 5.32 Å². The van der Waals surface area contributed by atoms with Crippen molar-refractivity contribution < 1.29 is 13.2 Å². The number of hydrogen-bond acceptors (Lipinski definition) is 3. The van der Waals surface area contributed by atoms with Crippen LogP contribution in [0, 0.1) is 5.92 Å². The molecule has 0 amide bonds. The molecule has 1 unspecified atom stereocenters. The lowest BCUT2D eigenvalue weighted by atomic mass is 10.1. The van der Waals surface area contributed by atoms with Gasteiger partial charge in [0.1, 0.15) is 6.04 Å². The zero-order valence-electron chi connectivity index (χ0n) is 15.6. The van der Waals surface area contributed by atoms with E-state index in [0.717, 1.165) is 25.0 Å². The summed E-state index contributed by atoms with van der Waals surface area (Å²) in [5.41, 5.74) is 0.788. The third kappa shape index (κ3) is 7.88. The first-order chi connectivity index (χ1) is 11.1. The van der Waals surface area contributed by atoms with Crippen LogP contribution in [-0.4, -0.2) is 60.8 Å². The first-order valence-corrected chi connectivity index (χ1v) is 9.07. The molecule has 3 nitrogen and oxygen atoms in total. The fourth-order valence-corrected chi connectivity index (χ4v) is 3.19. The van der Waals surface area contributed by atoms with Crippen molar-refractivity contribution in [3.05, 3.63) is 12.3 Å². The van der Waals surface area contributed by atoms with Gasteiger partial charge in [0.05, 0.1) is 0 Å². The standard InChI is InChI=1S/C18H34F3N3/c1-14(2)8-6-7-9-24-11-10-23(12-16(5)22-15(3)4)13-17(24)18(19,20)21/h14-15,17,22H,5-13H2,1-4H3. The maximum absolute atomic E-state index is 13.4. The molecule has 1 rings (SSSR count). The minimum atomic E-state index is -4.18. The molecule has 24 heavy (non-hydrogen) atoms. The number of alkyl halides is 3. The minimum absolute atomic E-state index is 0.0342. The predicted octanol–water partition coefficient (Wildman–Crippen LogP) is 3.87. The Morgan fingerprint density at radius 1 is 1.17 bits per heavy atom. The highest BCUT2D eigenvalue weighted by atomic mass is 19.4. The fraction of sp³-hybridized carbons (Fsp3) is 0.889. The van der Waals surface area contributed by atoms with Gasteiger partial charge in [-0.15, -0.1) is 0 Å². The second-order valence-corrected chi connectivity index (χ2v) is 7.62. The highest BCUT2D eigenvalue weighted by Gasteiger charge is 2.46. The largest absolute Gasteiger partial charge is 0.405 e. The quantitative estimate of drug-likeness (QED) is 0.638. The van der Waals surface area contributed by atoms with E-state index in [2.05, 4.69) is 25.7 Å². The number of halogens is 3. The molecular weight excluding hydrogens is 315 g/mol. The fourth-order valence-electron chi connectivity index (χ4n) is 3.19. The number of nitrogens with one attached hydrogen (secondary N) is 1. The van der Waals surface area contributed by atoms with Gasteiger partial charge in [0.2, 0.25) is 0 Å². The maximum atomic E-state index is 13.4. The van der Waals surface area contributed by atoms with Gasteiger partial charge in [0.25, 0.3) is 0 Å². The van der Waals surface area contributed by atoms with Crippen molar-refractivity contribution in [1.82, 2.24) is 15.1 Å². The molecule has 142 valence electrons. The summed E-state index contributed by atoms with van der Waals surface area (Å²) in [7, 11) is 0. The first kappa shape index (κ1) is 21.3. The van der Waals surface area contributed by atoms with Crippen LogP contribution >= 0.6 is 0 Å². The summed E-state index contributed by atoms with van der Waals surface area (Å²) in [5.74, 6) is 0.611. The van der Waals surface area contributed by atoms with Crippen LogP contribution in [0.3, 0.4) is 0 Å². The van der Waals surface area contributed by atoms with E-state index >= 15 is 0 Å². The Hall–Kier alpha value is -0.750. The molecule has 1 saturated heterocycles. The number of hydrogen-bond donors (Lipinski definition) is 1. The molecular formula is C18H34F3N3. The molecule has 0 bridgehead atoms. The summed E-state index contributed by atoms with van der Waals surface area (Å²) in [4.78, 5) is 3.48. The molecule has 6 heteroatoms. The Balaban J connectivity index is 2.53. The lowest BCUT2D eigenvalue weighted by Crippen LogP contribution is -2.59. The molecule has 0 aromatic carbocycles. The molecule has 1 N–H and O–H groups in total. The van der Waals surface area contributed by atoms with Gasteiger partial charge in [-0.1, -0.05) is 33.3 Å². The van der Waals surface area contributed by atoms with E-state index in [0.29, 0.717) is 32.1 Å². The second kappa shape index (κ2) is 9.66. The van der Waals surface area contributed by atoms with Crippen molar-refractivity contribution in [2.24, 2.45) is 5.92 Å². The summed E-state index contributed by atoms with van der Waals surface area (Å²) in [6.07, 6.45) is -1.26. The summed E-state index contributed by atoms with van der Waals surface area (Å²) in [6.45, 7) is 14.4. The second-order valence-electron chi connectivity index (χ2n) is 7.62. The molecule has 0 radical (unpaired) electrons. The predicted molar refractivity (Wildman–Crippen MR) is 94.0 cm³/mol. The Morgan fingerprint density at radius 2 is 1.83 bits per heavy atom. The van der Waals surface area contributed by atoms with E-state index < -0.39 is 12.2 Å². The zero-order valence-corrected chi connectivity index (χ0v) is 15.6. The SMILES string of the molecule is C=C(CN1CCN(CCCCC(C)C)C(C(F)(F)F)C1)NC(C)C. The average molecular weight is 349 g/mol. The Bertz CT molecular complexity index is 380. The van der Waals surface area contributed by atoms with Crippen LogP contribution in [0.5, 0.6) is 0 Å². The number of unbranched alkanes of at least 4 members (excludes halogenated alkanes) is 1. The molecule has 1 aliphatic heterocycles. The Kier molecular flexibility index (Phi) is 8.57. The third-order valence-electron chi connectivity index (χ3n) is 4.34. The lowest BCUT2D eigenvalue weighted by molar-refractivity contribution is -0.196. The van der Waals surface area contributed by atoms with E-state index in [1.165, 1.54) is 0 Å². The van der Waals surface area contributed by atoms with Crippen molar-refractivity contribution in [2.45, 2.75) is 65.2 Å². The third-order valence-corrected chi connectivity index (χ3v) is 4.34. The molecule has 1 atom stereocenters. The van der Waals surface area contributed by atoms with Crippen molar-refractivity contribution in [1.29, 1.82) is 0 Å². The van der Waals surface area contributed by atoms with Crippen LogP contribution in [0.4, 0.5) is 13.2 Å². The zero-order chi connectivity index (χ0) is 18.3. The first-order valence-electron chi connectivity index (χ1n) is 9.07. The molecule has 0 spiro atoms. The smallest absolute Gasteiger partial charge is 0.386 e. The normalized spacial score (nSPS) is 20.8. The van der Waals surface area contributed by atoms with E-state index in [9.17, 15) is 13.2 Å². The van der Waals surface area contributed by atoms with Crippen molar-refractivity contribution >= 4 is 0 Å². The van der Waals surface area contributed by atoms with E-state index in [-0.39, 0.29) is 12.6 Å². The van der Waals surface area contributed by atoms with E-state index in [1.54, 1.807) is 4.90 Å². The van der Waals surface area contributed by atoms with E-state index in [1.807, 2.05) is 18.7 Å². The number of rotatable bonds is 9. The topological polar surface area (TPSA) is 18.5 Å². The van der Waals surface area contributed by atoms with Crippen molar-refractivity contribution in [2.75, 3.05) is 32.7 Å². The van der Waals surface area contributed by atoms with Gasteiger partial charge >= 0.3 is 6.18 Å². The molecule has 1 heterocycles. The summed E-state index contributed by atoms with van der Waals surface area (Å²) in [5, 5.41) is 3.18. The van der Waals surface area contributed by atoms with Crippen molar-refractivity contribution in [3.63, 3.8) is 0 Å². The molecule has 0 aliphatic carbocycles. The van der Waals surface area contributed by atoms with E-state index in [4.69, 9.17) is 0 Å². The number of piperazine rings is 1. The summed E-state index contributed by atoms with van der Waals surface area (Å²) >= 11 is 0. The van der Waals surface area contributed by atoms with Gasteiger partial charge in [-0.25, -0.2) is 0 Å². The average Bonchev–Trinajstić information content (AvgIpc) is 2.42. The Morgan fingerprint density at radius 3 is 2.38 bits per heavy atom.